The lowest BCUT2D eigenvalue weighted by Crippen LogP contribution is -1.81. The first kappa shape index (κ1) is 6.56. The fraction of sp³-hybridized carbons (Fsp3) is 0.286. The van der Waals surface area contributed by atoms with Crippen molar-refractivity contribution in [2.45, 2.75) is 13.8 Å². The predicted octanol–water partition coefficient (Wildman–Crippen LogP) is 2.35. The monoisotopic (exact) mass is 141 g/mol. The lowest BCUT2D eigenvalue weighted by Gasteiger charge is -1.95. The average Bonchev–Trinajstić information content (AvgIpc) is 1.80. The van der Waals surface area contributed by atoms with E-state index in [1.807, 2.05) is 19.9 Å². The van der Waals surface area contributed by atoms with Gasteiger partial charge in [-0.1, -0.05) is 11.6 Å². The highest BCUT2D eigenvalue weighted by atomic mass is 35.5. The Morgan fingerprint density at radius 2 is 2.11 bits per heavy atom. The summed E-state index contributed by atoms with van der Waals surface area (Å²) in [5, 5.41) is 0.794. The Morgan fingerprint density at radius 1 is 1.44 bits per heavy atom. The van der Waals surface area contributed by atoms with E-state index in [4.69, 9.17) is 11.6 Å². The van der Waals surface area contributed by atoms with Gasteiger partial charge in [0, 0.05) is 16.9 Å². The van der Waals surface area contributed by atoms with Crippen molar-refractivity contribution in [3.05, 3.63) is 28.5 Å². The molecule has 0 atom stereocenters. The highest BCUT2D eigenvalue weighted by molar-refractivity contribution is 6.31. The van der Waals surface area contributed by atoms with Gasteiger partial charge < -0.3 is 0 Å². The van der Waals surface area contributed by atoms with E-state index >= 15 is 0 Å². The number of aryl methyl sites for hydroxylation is 2. The first-order chi connectivity index (χ1) is 4.20. The first-order valence-corrected chi connectivity index (χ1v) is 3.16. The molecule has 0 unspecified atom stereocenters. The van der Waals surface area contributed by atoms with Crippen LogP contribution in [0, 0.1) is 13.8 Å². The molecule has 0 bridgehead atoms. The van der Waals surface area contributed by atoms with Crippen molar-refractivity contribution in [1.29, 1.82) is 0 Å². The molecule has 2 heteroatoms. The van der Waals surface area contributed by atoms with Crippen LogP contribution in [0.5, 0.6) is 0 Å². The molecule has 0 saturated heterocycles. The number of rotatable bonds is 0. The lowest BCUT2D eigenvalue weighted by atomic mass is 10.3. The van der Waals surface area contributed by atoms with Gasteiger partial charge in [-0.15, -0.1) is 0 Å². The van der Waals surface area contributed by atoms with Crippen LogP contribution in [0.3, 0.4) is 0 Å². The fourth-order valence-corrected chi connectivity index (χ4v) is 0.802. The fourth-order valence-electron chi connectivity index (χ4n) is 0.595. The molecule has 0 aliphatic carbocycles. The van der Waals surface area contributed by atoms with Crippen molar-refractivity contribution in [3.8, 4) is 0 Å². The second kappa shape index (κ2) is 2.36. The smallest absolute Gasteiger partial charge is 0.0468 e. The molecule has 1 heterocycles. The van der Waals surface area contributed by atoms with Crippen molar-refractivity contribution in [2.75, 3.05) is 0 Å². The summed E-state index contributed by atoms with van der Waals surface area (Å²) < 4.78 is 0. The van der Waals surface area contributed by atoms with Crippen molar-refractivity contribution in [2.24, 2.45) is 0 Å². The molecule has 0 radical (unpaired) electrons. The molecule has 0 amide bonds. The minimum atomic E-state index is 0.794. The van der Waals surface area contributed by atoms with Crippen molar-refractivity contribution in [3.63, 3.8) is 0 Å². The van der Waals surface area contributed by atoms with Crippen LogP contribution in [-0.4, -0.2) is 4.98 Å². The van der Waals surface area contributed by atoms with Crippen molar-refractivity contribution < 1.29 is 0 Å². The van der Waals surface area contributed by atoms with E-state index in [0.717, 1.165) is 16.3 Å². The topological polar surface area (TPSA) is 12.9 Å². The third-order valence-corrected chi connectivity index (χ3v) is 1.58. The Hall–Kier alpha value is -0.560. The van der Waals surface area contributed by atoms with E-state index in [1.54, 1.807) is 6.20 Å². The summed E-state index contributed by atoms with van der Waals surface area (Å²) in [5.41, 5.74) is 1.99. The molecule has 0 fully saturated rings. The number of halogens is 1. The maximum atomic E-state index is 5.77. The molecule has 0 aliphatic rings. The third kappa shape index (κ3) is 1.42. The summed E-state index contributed by atoms with van der Waals surface area (Å²) in [7, 11) is 0. The maximum absolute atomic E-state index is 5.77. The van der Waals surface area contributed by atoms with Gasteiger partial charge >= 0.3 is 0 Å². The van der Waals surface area contributed by atoms with E-state index in [2.05, 4.69) is 4.98 Å². The molecule has 1 aromatic rings. The summed E-state index contributed by atoms with van der Waals surface area (Å²) in [6, 6.07) is 1.86. The molecule has 9 heavy (non-hydrogen) atoms. The molecule has 0 saturated carbocycles. The molecule has 1 rings (SSSR count). The van der Waals surface area contributed by atoms with Gasteiger partial charge in [-0.3, -0.25) is 4.98 Å². The van der Waals surface area contributed by atoms with Crippen LogP contribution in [0.15, 0.2) is 12.3 Å². The van der Waals surface area contributed by atoms with Crippen LogP contribution in [0.25, 0.3) is 0 Å². The van der Waals surface area contributed by atoms with Crippen molar-refractivity contribution in [1.82, 2.24) is 4.98 Å². The third-order valence-electron chi connectivity index (χ3n) is 1.17. The van der Waals surface area contributed by atoms with Crippen LogP contribution >= 0.6 is 11.6 Å². The quantitative estimate of drug-likeness (QED) is 0.541. The first-order valence-electron chi connectivity index (χ1n) is 2.79. The Balaban J connectivity index is 3.17. The number of aromatic nitrogens is 1. The zero-order valence-corrected chi connectivity index (χ0v) is 6.24. The van der Waals surface area contributed by atoms with Crippen LogP contribution in [0.2, 0.25) is 5.02 Å². The zero-order chi connectivity index (χ0) is 6.85. The van der Waals surface area contributed by atoms with Gasteiger partial charge in [0.2, 0.25) is 0 Å². The molecule has 0 spiro atoms. The van der Waals surface area contributed by atoms with Crippen LogP contribution in [-0.2, 0) is 0 Å². The van der Waals surface area contributed by atoms with Crippen molar-refractivity contribution >= 4 is 11.6 Å². The van der Waals surface area contributed by atoms with Gasteiger partial charge in [0.15, 0.2) is 0 Å². The molecule has 1 aromatic heterocycles. The Kier molecular flexibility index (Phi) is 1.72. The van der Waals surface area contributed by atoms with Gasteiger partial charge in [0.05, 0.1) is 0 Å². The zero-order valence-electron chi connectivity index (χ0n) is 5.48. The van der Waals surface area contributed by atoms with Crippen LogP contribution in [0.1, 0.15) is 11.3 Å². The SMILES string of the molecule is Cc1cc(Cl)c(C)cn1. The standard InChI is InChI=1S/C7H8ClN/c1-5-4-9-6(2)3-7(5)8/h3-4H,1-2H3. The van der Waals surface area contributed by atoms with Crippen LogP contribution < -0.4 is 0 Å². The minimum Gasteiger partial charge on any atom is -0.261 e. The minimum absolute atomic E-state index is 0.794. The van der Waals surface area contributed by atoms with E-state index < -0.39 is 0 Å². The molecular formula is C7H8ClN. The Morgan fingerprint density at radius 3 is 2.56 bits per heavy atom. The summed E-state index contributed by atoms with van der Waals surface area (Å²) in [6.45, 7) is 3.86. The molecule has 0 N–H and O–H groups in total. The van der Waals surface area contributed by atoms with E-state index in [0.29, 0.717) is 0 Å². The molecule has 0 aliphatic heterocycles. The van der Waals surface area contributed by atoms with E-state index in [9.17, 15) is 0 Å². The molecule has 0 aromatic carbocycles. The van der Waals surface area contributed by atoms with E-state index in [1.165, 1.54) is 0 Å². The van der Waals surface area contributed by atoms with Gasteiger partial charge in [-0.2, -0.15) is 0 Å². The normalized spacial score (nSPS) is 9.67. The van der Waals surface area contributed by atoms with Crippen LogP contribution in [0.4, 0.5) is 0 Å². The summed E-state index contributed by atoms with van der Waals surface area (Å²) >= 11 is 5.77. The van der Waals surface area contributed by atoms with Gasteiger partial charge in [0.1, 0.15) is 0 Å². The molecule has 48 valence electrons. The second-order valence-corrected chi connectivity index (χ2v) is 2.48. The second-order valence-electron chi connectivity index (χ2n) is 2.07. The van der Waals surface area contributed by atoms with Gasteiger partial charge in [-0.05, 0) is 25.5 Å². The molecule has 1 nitrogen and oxygen atoms in total. The Labute approximate surface area is 59.7 Å². The highest BCUT2D eigenvalue weighted by Gasteiger charge is 1.92. The predicted molar refractivity (Wildman–Crippen MR) is 38.7 cm³/mol. The van der Waals surface area contributed by atoms with E-state index in [-0.39, 0.29) is 0 Å². The average molecular weight is 142 g/mol. The maximum Gasteiger partial charge on any atom is 0.0468 e. The summed E-state index contributed by atoms with van der Waals surface area (Å²) in [4.78, 5) is 4.06. The number of hydrogen-bond acceptors (Lipinski definition) is 1. The Bertz CT molecular complexity index is 220. The van der Waals surface area contributed by atoms with Gasteiger partial charge in [-0.25, -0.2) is 0 Å². The van der Waals surface area contributed by atoms with Gasteiger partial charge in [0.25, 0.3) is 0 Å². The largest absolute Gasteiger partial charge is 0.261 e. The summed E-state index contributed by atoms with van der Waals surface area (Å²) in [5.74, 6) is 0. The number of nitrogens with zero attached hydrogens (tertiary/aromatic N) is 1. The summed E-state index contributed by atoms with van der Waals surface area (Å²) in [6.07, 6.45) is 1.78. The highest BCUT2D eigenvalue weighted by Crippen LogP contribution is 2.13. The number of pyridine rings is 1. The lowest BCUT2D eigenvalue weighted by molar-refractivity contribution is 1.17. The number of hydrogen-bond donors (Lipinski definition) is 0. The molecular weight excluding hydrogens is 134 g/mol.